The minimum absolute atomic E-state index is 0.0733. The van der Waals surface area contributed by atoms with Gasteiger partial charge in [-0.3, -0.25) is 52.7 Å². The van der Waals surface area contributed by atoms with Crippen LogP contribution in [0.1, 0.15) is 176 Å². The predicted molar refractivity (Wildman–Crippen MR) is 334 cm³/mol. The molecule has 0 aromatic rings. The quantitative estimate of drug-likeness (QED) is 0.147. The summed E-state index contributed by atoms with van der Waals surface area (Å²) in [7, 11) is 8.96. The molecule has 1 fully saturated rings. The Morgan fingerprint density at radius 2 is 0.965 bits per heavy atom. The van der Waals surface area contributed by atoms with Crippen molar-refractivity contribution in [2.24, 2.45) is 65.1 Å². The van der Waals surface area contributed by atoms with Gasteiger partial charge < -0.3 is 45.3 Å². The number of ketones is 2. The van der Waals surface area contributed by atoms with Crippen LogP contribution in [0.15, 0.2) is 12.2 Å². The molecule has 0 bridgehead atoms. The first kappa shape index (κ1) is 77.3. The van der Waals surface area contributed by atoms with Crippen LogP contribution in [0, 0.1) is 65.1 Å². The fourth-order valence-electron chi connectivity index (χ4n) is 11.6. The van der Waals surface area contributed by atoms with Gasteiger partial charge in [-0.2, -0.15) is 0 Å². The van der Waals surface area contributed by atoms with E-state index in [1.54, 1.807) is 27.7 Å². The maximum absolute atomic E-state index is 15.3. The van der Waals surface area contributed by atoms with Crippen LogP contribution in [0.3, 0.4) is 0 Å². The van der Waals surface area contributed by atoms with Crippen LogP contribution >= 0.6 is 0 Å². The Bertz CT molecular complexity index is 2320. The molecule has 3 N–H and O–H groups in total. The molecule has 0 aliphatic carbocycles. The average Bonchev–Trinajstić information content (AvgIpc) is 3.62. The third-order valence-corrected chi connectivity index (χ3v) is 17.3. The summed E-state index contributed by atoms with van der Waals surface area (Å²) >= 11 is 0. The van der Waals surface area contributed by atoms with Crippen LogP contribution in [-0.2, 0) is 52.7 Å². The lowest BCUT2D eigenvalue weighted by Gasteiger charge is -2.40. The zero-order valence-electron chi connectivity index (χ0n) is 57.0. The second-order valence-electron chi connectivity index (χ2n) is 27.1. The number of carbonyl (C=O) groups is 11. The lowest BCUT2D eigenvalue weighted by molar-refractivity contribution is -0.153. The van der Waals surface area contributed by atoms with Crippen molar-refractivity contribution in [3.05, 3.63) is 12.2 Å². The minimum Gasteiger partial charge on any atom is -0.343 e. The van der Waals surface area contributed by atoms with E-state index in [2.05, 4.69) is 16.0 Å². The van der Waals surface area contributed by atoms with Crippen molar-refractivity contribution < 1.29 is 52.7 Å². The Balaban J connectivity index is 4.32. The van der Waals surface area contributed by atoms with E-state index in [9.17, 15) is 38.4 Å². The van der Waals surface area contributed by atoms with Gasteiger partial charge in [0, 0.05) is 66.5 Å². The van der Waals surface area contributed by atoms with Gasteiger partial charge in [-0.25, -0.2) is 0 Å². The highest BCUT2D eigenvalue weighted by Gasteiger charge is 2.46. The van der Waals surface area contributed by atoms with E-state index < -0.39 is 144 Å². The number of amides is 9. The van der Waals surface area contributed by atoms with Crippen LogP contribution in [0.25, 0.3) is 0 Å². The molecule has 0 saturated carbocycles. The molecule has 1 rings (SSSR count). The van der Waals surface area contributed by atoms with Gasteiger partial charge in [0.05, 0.1) is 18.6 Å². The molecule has 0 aromatic heterocycles. The predicted octanol–water partition coefficient (Wildman–Crippen LogP) is 6.63. The first-order chi connectivity index (χ1) is 39.2. The zero-order chi connectivity index (χ0) is 66.0. The smallest absolute Gasteiger partial charge is 0.245 e. The molecule has 85 heavy (non-hydrogen) atoms. The molecule has 0 aromatic carbocycles. The number of carbonyl (C=O) groups excluding carboxylic acids is 11. The minimum atomic E-state index is -1.19. The molecular weight excluding hydrogens is 1080 g/mol. The van der Waals surface area contributed by atoms with Crippen molar-refractivity contribution in [1.29, 1.82) is 0 Å². The van der Waals surface area contributed by atoms with Gasteiger partial charge in [0.2, 0.25) is 53.2 Å². The number of likely N-dealkylation sites (N-methyl/N-ethyl adjacent to an activating group) is 6. The summed E-state index contributed by atoms with van der Waals surface area (Å²) in [5.74, 6) is -10.6. The summed E-state index contributed by atoms with van der Waals surface area (Å²) in [4.78, 5) is 169. The Morgan fingerprint density at radius 3 is 1.45 bits per heavy atom. The second kappa shape index (κ2) is 35.2. The van der Waals surface area contributed by atoms with Gasteiger partial charge >= 0.3 is 0 Å². The molecule has 13 atom stereocenters. The van der Waals surface area contributed by atoms with Crippen molar-refractivity contribution in [2.75, 3.05) is 48.8 Å². The monoisotopic (exact) mass is 1200 g/mol. The van der Waals surface area contributed by atoms with Crippen LogP contribution in [-0.4, -0.2) is 191 Å². The fraction of sp³-hybridized carbons (Fsp3) is 0.800. The molecule has 20 nitrogen and oxygen atoms in total. The largest absolute Gasteiger partial charge is 0.343 e. The van der Waals surface area contributed by atoms with E-state index in [1.165, 1.54) is 85.5 Å². The van der Waals surface area contributed by atoms with Crippen molar-refractivity contribution in [1.82, 2.24) is 45.3 Å². The Hall–Kier alpha value is -5.69. The maximum atomic E-state index is 15.3. The van der Waals surface area contributed by atoms with E-state index in [0.29, 0.717) is 6.42 Å². The van der Waals surface area contributed by atoms with Gasteiger partial charge in [0.25, 0.3) is 0 Å². The molecule has 1 aliphatic heterocycles. The van der Waals surface area contributed by atoms with Crippen LogP contribution in [0.4, 0.5) is 0 Å². The normalized spacial score (nSPS) is 27.8. The Kier molecular flexibility index (Phi) is 32.0. The summed E-state index contributed by atoms with van der Waals surface area (Å²) in [6.45, 7) is 34.1. The van der Waals surface area contributed by atoms with Crippen molar-refractivity contribution in [3.8, 4) is 0 Å². The average molecular weight is 1200 g/mol. The van der Waals surface area contributed by atoms with E-state index in [-0.39, 0.29) is 79.7 Å². The molecule has 1 saturated heterocycles. The standard InChI is InChI=1S/C65H115N9O11/c1-26-28-29-42(15)43(16)56-60(80)68-48(27-2)63(83)69(20)35-54(76)70(21)49(30-36(3)4)53(75)34-47(40(11)12)62(82)72(23)51(32-38(7)8)59(79)66-45(18)58(78)67-46(19)61(81)73(24)52(33-39(9)10)64(84)71(22)50(31-37(5)6)57(77)44(17)55(41(13)14)65(85)74(56)25/h26,28,36-52,55-56H,27,29-35H2,1-25H3,(H,66,79)(H,67,78)(H,68,80)/b28-26+/t42-,43?,44?,45+,46?,47+,48?,49+,50?,51?,52+,55?,56+/m1/s1. The van der Waals surface area contributed by atoms with Crippen molar-refractivity contribution in [2.45, 2.75) is 225 Å². The number of allylic oxidation sites excluding steroid dienone is 2. The lowest BCUT2D eigenvalue weighted by atomic mass is 9.77. The number of nitrogens with one attached hydrogen (secondary N) is 3. The summed E-state index contributed by atoms with van der Waals surface area (Å²) in [6.07, 6.45) is 5.20. The zero-order valence-corrected chi connectivity index (χ0v) is 57.0. The maximum Gasteiger partial charge on any atom is 0.245 e. The third kappa shape index (κ3) is 21.9. The lowest BCUT2D eigenvalue weighted by Crippen LogP contribution is -2.59. The van der Waals surface area contributed by atoms with E-state index in [1.807, 2.05) is 102 Å². The van der Waals surface area contributed by atoms with Crippen LogP contribution in [0.5, 0.6) is 0 Å². The summed E-state index contributed by atoms with van der Waals surface area (Å²) in [5.41, 5.74) is 0. The molecule has 20 heteroatoms. The van der Waals surface area contributed by atoms with Gasteiger partial charge in [-0.05, 0) is 107 Å². The van der Waals surface area contributed by atoms with E-state index >= 15 is 14.4 Å². The molecule has 486 valence electrons. The summed E-state index contributed by atoms with van der Waals surface area (Å²) in [6, 6.07) is -8.83. The van der Waals surface area contributed by atoms with Crippen LogP contribution in [0.2, 0.25) is 0 Å². The molecule has 1 heterocycles. The van der Waals surface area contributed by atoms with E-state index in [4.69, 9.17) is 0 Å². The Labute approximate surface area is 511 Å². The molecule has 0 radical (unpaired) electrons. The molecule has 9 amide bonds. The molecular formula is C65H115N9O11. The number of nitrogens with zero attached hydrogens (tertiary/aromatic N) is 6. The SMILES string of the molecule is C/C=C/C[C@@H](C)C(C)[C@H]1C(=O)NC(CC)C(=O)N(C)CC(=O)N(C)[C@@H](CC(C)C)C(=O)C[C@@H](C(C)C)C(=O)N(C)C(CC(C)C)C(=O)N[C@@H](C)C(=O)NC(C)C(=O)N(C)[C@@H](CC(C)C)C(=O)N(C)C(CC(C)C)C(=O)C(C)C(C(C)C)C(=O)N1C. The summed E-state index contributed by atoms with van der Waals surface area (Å²) < 4.78 is 0. The van der Waals surface area contributed by atoms with Crippen molar-refractivity contribution >= 4 is 64.7 Å². The number of hydrogen-bond acceptors (Lipinski definition) is 11. The van der Waals surface area contributed by atoms with E-state index in [0.717, 1.165) is 0 Å². The number of rotatable bonds is 15. The topological polar surface area (TPSA) is 243 Å². The van der Waals surface area contributed by atoms with Crippen LogP contribution < -0.4 is 16.0 Å². The molecule has 0 spiro atoms. The Morgan fingerprint density at radius 1 is 0.494 bits per heavy atom. The first-order valence-corrected chi connectivity index (χ1v) is 31.4. The number of hydrogen-bond donors (Lipinski definition) is 3. The van der Waals surface area contributed by atoms with Gasteiger partial charge in [0.1, 0.15) is 36.3 Å². The van der Waals surface area contributed by atoms with Crippen molar-refractivity contribution in [3.63, 3.8) is 0 Å². The fourth-order valence-corrected chi connectivity index (χ4v) is 11.6. The second-order valence-corrected chi connectivity index (χ2v) is 27.1. The van der Waals surface area contributed by atoms with Gasteiger partial charge in [-0.15, -0.1) is 0 Å². The van der Waals surface area contributed by atoms with Gasteiger partial charge in [0.15, 0.2) is 11.6 Å². The highest BCUT2D eigenvalue weighted by molar-refractivity contribution is 6.00. The summed E-state index contributed by atoms with van der Waals surface area (Å²) in [5, 5.41) is 8.37. The first-order valence-electron chi connectivity index (χ1n) is 31.4. The highest BCUT2D eigenvalue weighted by atomic mass is 16.2. The number of Topliss-reactive ketones (excluding diaryl/α,β-unsaturated/α-hetero) is 2. The molecule has 1 aliphatic rings. The third-order valence-electron chi connectivity index (χ3n) is 17.3. The molecule has 7 unspecified atom stereocenters. The van der Waals surface area contributed by atoms with Gasteiger partial charge in [-0.1, -0.05) is 123 Å². The highest BCUT2D eigenvalue weighted by Crippen LogP contribution is 2.32.